The maximum absolute atomic E-state index is 5.86. The zero-order chi connectivity index (χ0) is 15.6. The quantitative estimate of drug-likeness (QED) is 0.445. The second-order valence-corrected chi connectivity index (χ2v) is 5.20. The second-order valence-electron chi connectivity index (χ2n) is 5.20. The Kier molecular flexibility index (Phi) is 6.41. The van der Waals surface area contributed by atoms with Gasteiger partial charge in [0.1, 0.15) is 12.7 Å². The van der Waals surface area contributed by atoms with E-state index in [4.69, 9.17) is 5.73 Å². The highest BCUT2D eigenvalue weighted by atomic mass is 15.3. The smallest absolute Gasteiger partial charge is 0.188 e. The highest BCUT2D eigenvalue weighted by Crippen LogP contribution is 2.08. The number of guanidine groups is 1. The Bertz CT molecular complexity index is 559. The molecule has 1 aromatic carbocycles. The molecule has 3 N–H and O–H groups in total. The molecule has 0 aliphatic carbocycles. The average Bonchev–Trinajstić information content (AvgIpc) is 3.08. The van der Waals surface area contributed by atoms with Gasteiger partial charge in [-0.25, -0.2) is 14.7 Å². The molecule has 0 amide bonds. The minimum absolute atomic E-state index is 0.511. The fourth-order valence-corrected chi connectivity index (χ4v) is 2.10. The van der Waals surface area contributed by atoms with Crippen molar-refractivity contribution in [3.05, 3.63) is 42.5 Å². The van der Waals surface area contributed by atoms with Crippen molar-refractivity contribution in [2.45, 2.75) is 39.2 Å². The molecule has 118 valence electrons. The number of nitrogens with one attached hydrogen (secondary N) is 1. The van der Waals surface area contributed by atoms with Crippen molar-refractivity contribution in [3.8, 4) is 5.69 Å². The molecule has 0 saturated carbocycles. The highest BCUT2D eigenvalue weighted by Gasteiger charge is 1.98. The van der Waals surface area contributed by atoms with Crippen LogP contribution in [0.1, 0.15) is 38.2 Å². The fraction of sp³-hybridized carbons (Fsp3) is 0.438. The molecule has 6 heteroatoms. The summed E-state index contributed by atoms with van der Waals surface area (Å²) in [5.41, 5.74) is 7.95. The van der Waals surface area contributed by atoms with E-state index in [-0.39, 0.29) is 0 Å². The molecule has 0 spiro atoms. The average molecular weight is 300 g/mol. The lowest BCUT2D eigenvalue weighted by molar-refractivity contribution is 0.652. The van der Waals surface area contributed by atoms with E-state index < -0.39 is 0 Å². The van der Waals surface area contributed by atoms with E-state index in [9.17, 15) is 0 Å². The Morgan fingerprint density at radius 3 is 2.73 bits per heavy atom. The van der Waals surface area contributed by atoms with Gasteiger partial charge >= 0.3 is 0 Å². The molecule has 0 aliphatic rings. The summed E-state index contributed by atoms with van der Waals surface area (Å²) in [4.78, 5) is 8.29. The SMILES string of the molecule is CCCCCCNC(N)=NCc1ccc(-n2cncn2)cc1. The van der Waals surface area contributed by atoms with Gasteiger partial charge in [-0.1, -0.05) is 38.3 Å². The summed E-state index contributed by atoms with van der Waals surface area (Å²) in [6.07, 6.45) is 8.08. The third-order valence-electron chi connectivity index (χ3n) is 3.39. The summed E-state index contributed by atoms with van der Waals surface area (Å²) in [5, 5.41) is 7.24. The molecule has 0 saturated heterocycles. The molecular formula is C16H24N6. The topological polar surface area (TPSA) is 81.1 Å². The van der Waals surface area contributed by atoms with E-state index in [1.807, 2.05) is 24.3 Å². The summed E-state index contributed by atoms with van der Waals surface area (Å²) < 4.78 is 1.72. The van der Waals surface area contributed by atoms with Crippen molar-refractivity contribution < 1.29 is 0 Å². The lowest BCUT2D eigenvalue weighted by atomic mass is 10.2. The van der Waals surface area contributed by atoms with Crippen molar-refractivity contribution in [1.82, 2.24) is 20.1 Å². The molecule has 0 atom stereocenters. The molecule has 0 aliphatic heterocycles. The molecule has 2 aromatic rings. The van der Waals surface area contributed by atoms with Gasteiger partial charge in [0.25, 0.3) is 0 Å². The molecule has 6 nitrogen and oxygen atoms in total. The van der Waals surface area contributed by atoms with Crippen molar-refractivity contribution in [2.24, 2.45) is 10.7 Å². The number of hydrogen-bond acceptors (Lipinski definition) is 3. The van der Waals surface area contributed by atoms with E-state index in [2.05, 4.69) is 27.3 Å². The second kappa shape index (κ2) is 8.81. The van der Waals surface area contributed by atoms with Crippen LogP contribution in [-0.2, 0) is 6.54 Å². The molecule has 2 rings (SSSR count). The summed E-state index contributed by atoms with van der Waals surface area (Å²) in [5.74, 6) is 0.511. The molecule has 0 unspecified atom stereocenters. The van der Waals surface area contributed by atoms with Crippen LogP contribution in [0.15, 0.2) is 41.9 Å². The van der Waals surface area contributed by atoms with Crippen LogP contribution in [0.3, 0.4) is 0 Å². The predicted octanol–water partition coefficient (Wildman–Crippen LogP) is 2.25. The van der Waals surface area contributed by atoms with Crippen LogP contribution in [0.2, 0.25) is 0 Å². The van der Waals surface area contributed by atoms with Crippen LogP contribution in [0.25, 0.3) is 5.69 Å². The van der Waals surface area contributed by atoms with Crippen LogP contribution in [0.4, 0.5) is 0 Å². The minimum atomic E-state index is 0.511. The van der Waals surface area contributed by atoms with Gasteiger partial charge in [0, 0.05) is 6.54 Å². The number of aliphatic imine (C=N–C) groups is 1. The van der Waals surface area contributed by atoms with E-state index in [1.54, 1.807) is 11.0 Å². The zero-order valence-electron chi connectivity index (χ0n) is 13.1. The molecular weight excluding hydrogens is 276 g/mol. The molecule has 0 fully saturated rings. The van der Waals surface area contributed by atoms with Crippen LogP contribution >= 0.6 is 0 Å². The molecule has 1 aromatic heterocycles. The van der Waals surface area contributed by atoms with Gasteiger partial charge in [-0.3, -0.25) is 0 Å². The fourth-order valence-electron chi connectivity index (χ4n) is 2.10. The van der Waals surface area contributed by atoms with E-state index in [0.717, 1.165) is 24.2 Å². The number of aromatic nitrogens is 3. The van der Waals surface area contributed by atoms with Gasteiger partial charge in [-0.15, -0.1) is 0 Å². The first-order valence-electron chi connectivity index (χ1n) is 7.77. The van der Waals surface area contributed by atoms with Gasteiger partial charge in [0.15, 0.2) is 5.96 Å². The van der Waals surface area contributed by atoms with Crippen LogP contribution in [0.5, 0.6) is 0 Å². The highest BCUT2D eigenvalue weighted by molar-refractivity contribution is 5.77. The minimum Gasteiger partial charge on any atom is -0.370 e. The first kappa shape index (κ1) is 16.0. The lowest BCUT2D eigenvalue weighted by Crippen LogP contribution is -2.32. The number of benzene rings is 1. The molecule has 1 heterocycles. The first-order chi connectivity index (χ1) is 10.8. The number of hydrogen-bond donors (Lipinski definition) is 2. The summed E-state index contributed by atoms with van der Waals surface area (Å²) in [7, 11) is 0. The van der Waals surface area contributed by atoms with Gasteiger partial charge in [-0.2, -0.15) is 5.10 Å². The zero-order valence-corrected chi connectivity index (χ0v) is 13.1. The maximum Gasteiger partial charge on any atom is 0.188 e. The summed E-state index contributed by atoms with van der Waals surface area (Å²) >= 11 is 0. The van der Waals surface area contributed by atoms with Gasteiger partial charge < -0.3 is 11.1 Å². The van der Waals surface area contributed by atoms with Crippen molar-refractivity contribution in [2.75, 3.05) is 6.54 Å². The number of nitrogens with zero attached hydrogens (tertiary/aromatic N) is 4. The van der Waals surface area contributed by atoms with Gasteiger partial charge in [0.2, 0.25) is 0 Å². The third kappa shape index (κ3) is 5.20. The molecule has 0 bridgehead atoms. The van der Waals surface area contributed by atoms with E-state index >= 15 is 0 Å². The third-order valence-corrected chi connectivity index (χ3v) is 3.39. The largest absolute Gasteiger partial charge is 0.370 e. The van der Waals surface area contributed by atoms with Gasteiger partial charge in [-0.05, 0) is 24.1 Å². The van der Waals surface area contributed by atoms with Crippen molar-refractivity contribution in [3.63, 3.8) is 0 Å². The van der Waals surface area contributed by atoms with Gasteiger partial charge in [0.05, 0.1) is 12.2 Å². The van der Waals surface area contributed by atoms with Crippen molar-refractivity contribution >= 4 is 5.96 Å². The molecule has 22 heavy (non-hydrogen) atoms. The number of unbranched alkanes of at least 4 members (excludes halogenated alkanes) is 3. The Morgan fingerprint density at radius 1 is 1.23 bits per heavy atom. The van der Waals surface area contributed by atoms with Crippen molar-refractivity contribution in [1.29, 1.82) is 0 Å². The lowest BCUT2D eigenvalue weighted by Gasteiger charge is -2.06. The Labute approximate surface area is 131 Å². The standard InChI is InChI=1S/C16H24N6/c1-2-3-4-5-10-19-16(17)20-11-14-6-8-15(9-7-14)22-13-18-12-21-22/h6-9,12-13H,2-5,10-11H2,1H3,(H3,17,19,20). The first-order valence-corrected chi connectivity index (χ1v) is 7.77. The van der Waals surface area contributed by atoms with Crippen LogP contribution in [0, 0.1) is 0 Å². The Balaban J connectivity index is 1.77. The van der Waals surface area contributed by atoms with E-state index in [1.165, 1.54) is 25.6 Å². The van der Waals surface area contributed by atoms with Crippen LogP contribution in [-0.4, -0.2) is 27.3 Å². The monoisotopic (exact) mass is 300 g/mol. The number of rotatable bonds is 8. The maximum atomic E-state index is 5.86. The summed E-state index contributed by atoms with van der Waals surface area (Å²) in [6, 6.07) is 8.03. The Hall–Kier alpha value is -2.37. The van der Waals surface area contributed by atoms with Crippen LogP contribution < -0.4 is 11.1 Å². The Morgan fingerprint density at radius 2 is 2.05 bits per heavy atom. The number of nitrogens with two attached hydrogens (primary N) is 1. The predicted molar refractivity (Wildman–Crippen MR) is 88.8 cm³/mol. The summed E-state index contributed by atoms with van der Waals surface area (Å²) in [6.45, 7) is 3.67. The normalized spacial score (nSPS) is 11.6. The van der Waals surface area contributed by atoms with E-state index in [0.29, 0.717) is 12.5 Å². The molecule has 0 radical (unpaired) electrons.